The topological polar surface area (TPSA) is 78.3 Å². The van der Waals surface area contributed by atoms with Gasteiger partial charge in [-0.2, -0.15) is 0 Å². The van der Waals surface area contributed by atoms with Crippen LogP contribution in [0.25, 0.3) is 24.0 Å². The van der Waals surface area contributed by atoms with E-state index in [9.17, 15) is 14.9 Å². The summed E-state index contributed by atoms with van der Waals surface area (Å²) in [6, 6.07) is 10.1. The summed E-state index contributed by atoms with van der Waals surface area (Å²) in [5.41, 5.74) is 0.362. The Morgan fingerprint density at radius 2 is 1.93 bits per heavy atom. The lowest BCUT2D eigenvalue weighted by Gasteiger charge is -2.22. The highest BCUT2D eigenvalue weighted by Crippen LogP contribution is 2.31. The van der Waals surface area contributed by atoms with Crippen LogP contribution < -0.4 is 14.8 Å². The lowest BCUT2D eigenvalue weighted by molar-refractivity contribution is -0.384. The van der Waals surface area contributed by atoms with E-state index in [-0.39, 0.29) is 17.3 Å². The molecule has 0 amide bonds. The van der Waals surface area contributed by atoms with Gasteiger partial charge in [-0.1, -0.05) is 38.0 Å². The van der Waals surface area contributed by atoms with Gasteiger partial charge in [0.2, 0.25) is 0 Å². The van der Waals surface area contributed by atoms with Gasteiger partial charge in [0.15, 0.2) is 0 Å². The van der Waals surface area contributed by atoms with E-state index in [2.05, 4.69) is 6.58 Å². The summed E-state index contributed by atoms with van der Waals surface area (Å²) in [5.74, 6) is 0.889. The van der Waals surface area contributed by atoms with Gasteiger partial charge < -0.3 is 4.42 Å². The van der Waals surface area contributed by atoms with Crippen LogP contribution in [0.1, 0.15) is 43.9 Å². The maximum absolute atomic E-state index is 12.9. The number of furan rings is 1. The summed E-state index contributed by atoms with van der Waals surface area (Å²) in [5, 5.41) is 11.2. The highest BCUT2D eigenvalue weighted by Gasteiger charge is 2.19. The van der Waals surface area contributed by atoms with Gasteiger partial charge >= 0.3 is 0 Å². The van der Waals surface area contributed by atoms with Crippen molar-refractivity contribution in [3.63, 3.8) is 0 Å². The third kappa shape index (κ3) is 3.45. The number of nitrogens with zero attached hydrogens (tertiary/aromatic N) is 2. The first kappa shape index (κ1) is 18.4. The Bertz CT molecular complexity index is 1180. The van der Waals surface area contributed by atoms with Crippen LogP contribution >= 0.6 is 11.3 Å². The quantitative estimate of drug-likeness (QED) is 0.496. The normalized spacial score (nSPS) is 15.8. The molecule has 28 heavy (non-hydrogen) atoms. The molecule has 0 atom stereocenters. The molecule has 1 aliphatic carbocycles. The Labute approximate surface area is 165 Å². The molecule has 6 nitrogen and oxygen atoms in total. The molecule has 0 bridgehead atoms. The zero-order valence-corrected chi connectivity index (χ0v) is 16.1. The third-order valence-corrected chi connectivity index (χ3v) is 6.08. The van der Waals surface area contributed by atoms with E-state index in [1.807, 2.05) is 4.57 Å². The molecule has 4 rings (SSSR count). The van der Waals surface area contributed by atoms with Gasteiger partial charge in [-0.25, -0.2) is 0 Å². The summed E-state index contributed by atoms with van der Waals surface area (Å²) in [4.78, 5) is 23.7. The molecule has 144 valence electrons. The van der Waals surface area contributed by atoms with Crippen molar-refractivity contribution in [2.24, 2.45) is 0 Å². The van der Waals surface area contributed by atoms with E-state index < -0.39 is 4.92 Å². The summed E-state index contributed by atoms with van der Waals surface area (Å²) in [7, 11) is 0. The van der Waals surface area contributed by atoms with Crippen molar-refractivity contribution in [1.29, 1.82) is 0 Å². The first-order valence-electron chi connectivity index (χ1n) is 9.30. The van der Waals surface area contributed by atoms with E-state index >= 15 is 0 Å². The number of aromatic nitrogens is 1. The summed E-state index contributed by atoms with van der Waals surface area (Å²) in [6.07, 6.45) is 7.23. The Balaban J connectivity index is 1.71. The van der Waals surface area contributed by atoms with Gasteiger partial charge in [-0.3, -0.25) is 19.5 Å². The molecule has 0 unspecified atom stereocenters. The van der Waals surface area contributed by atoms with Gasteiger partial charge in [0.1, 0.15) is 11.5 Å². The minimum absolute atomic E-state index is 0.0146. The molecular weight excluding hydrogens is 376 g/mol. The average molecular weight is 396 g/mol. The summed E-state index contributed by atoms with van der Waals surface area (Å²) < 4.78 is 8.94. The number of para-hydroxylation sites is 1. The standard InChI is InChI=1S/C21H20N2O4S/c1-14-22(15-7-3-2-4-8-15)21(24)20(28-14)13-16-11-12-19(27-16)17-9-5-6-10-18(17)23(25)26/h5-6,9-13,15H,1-4,7-8H2/b20-13-. The van der Waals surface area contributed by atoms with Crippen LogP contribution in [0.5, 0.6) is 0 Å². The van der Waals surface area contributed by atoms with Gasteiger partial charge in [0.25, 0.3) is 11.2 Å². The Morgan fingerprint density at radius 1 is 1.18 bits per heavy atom. The van der Waals surface area contributed by atoms with Crippen LogP contribution in [-0.2, 0) is 0 Å². The van der Waals surface area contributed by atoms with E-state index in [4.69, 9.17) is 4.42 Å². The predicted molar refractivity (Wildman–Crippen MR) is 110 cm³/mol. The lowest BCUT2D eigenvalue weighted by Crippen LogP contribution is -2.35. The molecule has 7 heteroatoms. The maximum atomic E-state index is 12.9. The molecule has 2 aromatic heterocycles. The molecule has 1 fully saturated rings. The van der Waals surface area contributed by atoms with Crippen LogP contribution in [0, 0.1) is 10.1 Å². The van der Waals surface area contributed by atoms with E-state index in [0.717, 1.165) is 30.3 Å². The first-order chi connectivity index (χ1) is 13.5. The third-order valence-electron chi connectivity index (χ3n) is 5.13. The second-order valence-electron chi connectivity index (χ2n) is 6.95. The van der Waals surface area contributed by atoms with Crippen molar-refractivity contribution in [2.45, 2.75) is 38.1 Å². The van der Waals surface area contributed by atoms with Crippen LogP contribution in [0.3, 0.4) is 0 Å². The Morgan fingerprint density at radius 3 is 2.68 bits per heavy atom. The summed E-state index contributed by atoms with van der Waals surface area (Å²) >= 11 is 1.36. The minimum atomic E-state index is -0.432. The smallest absolute Gasteiger partial charge is 0.280 e. The monoisotopic (exact) mass is 396 g/mol. The molecule has 1 aliphatic rings. The van der Waals surface area contributed by atoms with Crippen molar-refractivity contribution in [3.05, 3.63) is 71.8 Å². The molecule has 1 saturated carbocycles. The largest absolute Gasteiger partial charge is 0.456 e. The maximum Gasteiger partial charge on any atom is 0.280 e. The molecule has 0 N–H and O–H groups in total. The highest BCUT2D eigenvalue weighted by atomic mass is 32.1. The van der Waals surface area contributed by atoms with Crippen molar-refractivity contribution >= 4 is 29.7 Å². The fourth-order valence-corrected chi connectivity index (χ4v) is 4.74. The molecule has 0 spiro atoms. The second-order valence-corrected chi connectivity index (χ2v) is 8.06. The van der Waals surface area contributed by atoms with E-state index in [0.29, 0.717) is 21.6 Å². The SMILES string of the molecule is C=c1s/c(=C\c2ccc(-c3ccccc3[N+](=O)[O-])o2)c(=O)n1C1CCCCC1. The van der Waals surface area contributed by atoms with Gasteiger partial charge in [0, 0.05) is 18.2 Å². The zero-order chi connectivity index (χ0) is 19.7. The summed E-state index contributed by atoms with van der Waals surface area (Å²) in [6.45, 7) is 4.06. The number of nitro groups is 1. The lowest BCUT2D eigenvalue weighted by atomic mass is 9.95. The van der Waals surface area contributed by atoms with Crippen molar-refractivity contribution in [2.75, 3.05) is 0 Å². The number of hydrogen-bond donors (Lipinski definition) is 0. The van der Waals surface area contributed by atoms with Crippen LogP contribution in [-0.4, -0.2) is 9.49 Å². The number of rotatable bonds is 4. The Hall–Kier alpha value is -2.93. The van der Waals surface area contributed by atoms with Gasteiger partial charge in [-0.05, 0) is 31.0 Å². The highest BCUT2D eigenvalue weighted by molar-refractivity contribution is 7.07. The van der Waals surface area contributed by atoms with Gasteiger partial charge in [-0.15, -0.1) is 11.3 Å². The number of thiazole rings is 1. The number of nitro benzene ring substituents is 1. The number of hydrogen-bond acceptors (Lipinski definition) is 5. The molecule has 2 heterocycles. The molecule has 3 aromatic rings. The molecular formula is C21H20N2O4S. The Kier molecular flexibility index (Phi) is 5.00. The predicted octanol–water partition coefficient (Wildman–Crippen LogP) is 3.82. The van der Waals surface area contributed by atoms with Crippen molar-refractivity contribution < 1.29 is 9.34 Å². The van der Waals surface area contributed by atoms with Crippen LogP contribution in [0.15, 0.2) is 45.6 Å². The van der Waals surface area contributed by atoms with E-state index in [1.165, 1.54) is 23.8 Å². The van der Waals surface area contributed by atoms with E-state index in [1.54, 1.807) is 36.4 Å². The molecule has 1 aromatic carbocycles. The fraction of sp³-hybridized carbons (Fsp3) is 0.286. The molecule has 0 saturated heterocycles. The second kappa shape index (κ2) is 7.59. The van der Waals surface area contributed by atoms with Crippen LogP contribution in [0.2, 0.25) is 0 Å². The molecule has 0 radical (unpaired) electrons. The van der Waals surface area contributed by atoms with Crippen molar-refractivity contribution in [1.82, 2.24) is 4.57 Å². The molecule has 0 aliphatic heterocycles. The average Bonchev–Trinajstić information content (AvgIpc) is 3.27. The van der Waals surface area contributed by atoms with Crippen LogP contribution in [0.4, 0.5) is 5.69 Å². The fourth-order valence-electron chi connectivity index (χ4n) is 3.80. The van der Waals surface area contributed by atoms with Gasteiger partial charge in [0.05, 0.1) is 19.7 Å². The number of benzene rings is 1. The minimum Gasteiger partial charge on any atom is -0.456 e. The zero-order valence-electron chi connectivity index (χ0n) is 15.3. The van der Waals surface area contributed by atoms with Crippen molar-refractivity contribution in [3.8, 4) is 11.3 Å². The first-order valence-corrected chi connectivity index (χ1v) is 10.1.